The molecule has 0 unspecified atom stereocenters. The number of phenols is 1. The number of rotatable bonds is 9. The van der Waals surface area contributed by atoms with Gasteiger partial charge in [0.2, 0.25) is 0 Å². The molecule has 0 radical (unpaired) electrons. The van der Waals surface area contributed by atoms with E-state index in [1.165, 1.54) is 49.7 Å². The van der Waals surface area contributed by atoms with Crippen LogP contribution in [0.2, 0.25) is 0 Å². The Morgan fingerprint density at radius 3 is 2.14 bits per heavy atom. The highest BCUT2D eigenvalue weighted by Gasteiger charge is 2.08. The zero-order chi connectivity index (χ0) is 15.5. The molecule has 0 aliphatic carbocycles. The molecule has 21 heavy (non-hydrogen) atoms. The maximum absolute atomic E-state index is 10.1. The van der Waals surface area contributed by atoms with Gasteiger partial charge in [-0.25, -0.2) is 0 Å². The highest BCUT2D eigenvalue weighted by atomic mass is 16.3. The molecule has 0 atom stereocenters. The van der Waals surface area contributed by atoms with E-state index in [1.54, 1.807) is 0 Å². The standard InChI is InChI=1S/C20H30O/c1-4-7-8-9-10-11-14-17-15-16-20(21)19(13-6-3)18(17)12-5-2/h5-6,12-13,15-16,21H,4,7-11,14H2,1-3H3. The molecule has 0 heterocycles. The minimum absolute atomic E-state index is 0.368. The highest BCUT2D eigenvalue weighted by molar-refractivity contribution is 5.72. The van der Waals surface area contributed by atoms with Crippen LogP contribution in [-0.2, 0) is 6.42 Å². The second kappa shape index (κ2) is 10.3. The summed E-state index contributed by atoms with van der Waals surface area (Å²) in [6.07, 6.45) is 17.1. The Balaban J connectivity index is 2.75. The molecule has 1 rings (SSSR count). The molecule has 1 N–H and O–H groups in total. The van der Waals surface area contributed by atoms with Gasteiger partial charge in [0.1, 0.15) is 5.75 Å². The predicted octanol–water partition coefficient (Wildman–Crippen LogP) is 6.36. The molecule has 0 aliphatic heterocycles. The van der Waals surface area contributed by atoms with Crippen molar-refractivity contribution in [3.05, 3.63) is 41.0 Å². The summed E-state index contributed by atoms with van der Waals surface area (Å²) in [4.78, 5) is 0. The molecule has 1 heteroatoms. The largest absolute Gasteiger partial charge is 0.507 e. The molecule has 0 bridgehead atoms. The van der Waals surface area contributed by atoms with E-state index in [-0.39, 0.29) is 0 Å². The summed E-state index contributed by atoms with van der Waals surface area (Å²) in [7, 11) is 0. The fourth-order valence-corrected chi connectivity index (χ4v) is 2.69. The third-order valence-electron chi connectivity index (χ3n) is 3.82. The third kappa shape index (κ3) is 5.79. The quantitative estimate of drug-likeness (QED) is 0.523. The predicted molar refractivity (Wildman–Crippen MR) is 94.6 cm³/mol. The maximum atomic E-state index is 10.1. The van der Waals surface area contributed by atoms with E-state index >= 15 is 0 Å². The molecule has 0 aromatic heterocycles. The summed E-state index contributed by atoms with van der Waals surface area (Å²) in [6.45, 7) is 6.26. The van der Waals surface area contributed by atoms with Gasteiger partial charge in [0.15, 0.2) is 0 Å². The second-order valence-corrected chi connectivity index (χ2v) is 5.59. The van der Waals surface area contributed by atoms with Crippen molar-refractivity contribution < 1.29 is 5.11 Å². The van der Waals surface area contributed by atoms with Crippen LogP contribution in [0, 0.1) is 0 Å². The third-order valence-corrected chi connectivity index (χ3v) is 3.82. The van der Waals surface area contributed by atoms with Gasteiger partial charge in [0, 0.05) is 5.56 Å². The van der Waals surface area contributed by atoms with Gasteiger partial charge in [-0.05, 0) is 43.9 Å². The van der Waals surface area contributed by atoms with Crippen molar-refractivity contribution in [3.8, 4) is 5.75 Å². The van der Waals surface area contributed by atoms with Crippen LogP contribution in [0.5, 0.6) is 5.75 Å². The van der Waals surface area contributed by atoms with E-state index in [0.29, 0.717) is 5.75 Å². The van der Waals surface area contributed by atoms with Crippen LogP contribution in [0.4, 0.5) is 0 Å². The summed E-state index contributed by atoms with van der Waals surface area (Å²) in [5, 5.41) is 10.1. The van der Waals surface area contributed by atoms with Crippen LogP contribution >= 0.6 is 0 Å². The van der Waals surface area contributed by atoms with Crippen molar-refractivity contribution in [2.75, 3.05) is 0 Å². The Morgan fingerprint density at radius 1 is 0.857 bits per heavy atom. The van der Waals surface area contributed by atoms with Gasteiger partial charge in [-0.15, -0.1) is 0 Å². The minimum Gasteiger partial charge on any atom is -0.507 e. The smallest absolute Gasteiger partial charge is 0.123 e. The Kier molecular flexibility index (Phi) is 8.57. The minimum atomic E-state index is 0.368. The first-order valence-electron chi connectivity index (χ1n) is 8.34. The molecule has 1 nitrogen and oxygen atoms in total. The molecule has 1 aromatic carbocycles. The molecule has 0 amide bonds. The van der Waals surface area contributed by atoms with Crippen molar-refractivity contribution in [2.45, 2.75) is 65.7 Å². The number of allylic oxidation sites excluding steroid dienone is 2. The van der Waals surface area contributed by atoms with Crippen molar-refractivity contribution in [1.82, 2.24) is 0 Å². The highest BCUT2D eigenvalue weighted by Crippen LogP contribution is 2.28. The maximum Gasteiger partial charge on any atom is 0.123 e. The van der Waals surface area contributed by atoms with E-state index in [2.05, 4.69) is 19.1 Å². The Morgan fingerprint density at radius 2 is 1.48 bits per heavy atom. The van der Waals surface area contributed by atoms with Crippen LogP contribution in [0.1, 0.15) is 76.0 Å². The van der Waals surface area contributed by atoms with Crippen LogP contribution in [-0.4, -0.2) is 5.11 Å². The normalized spacial score (nSPS) is 11.8. The SMILES string of the molecule is CC=Cc1c(O)ccc(CCCCCCCC)c1C=CC. The molecule has 0 aliphatic rings. The van der Waals surface area contributed by atoms with Gasteiger partial charge in [0.05, 0.1) is 0 Å². The fourth-order valence-electron chi connectivity index (χ4n) is 2.69. The zero-order valence-electron chi connectivity index (χ0n) is 13.9. The molecule has 0 saturated heterocycles. The first kappa shape index (κ1) is 17.6. The molecule has 0 saturated carbocycles. The number of aryl methyl sites for hydroxylation is 1. The Bertz CT molecular complexity index is 469. The summed E-state index contributed by atoms with van der Waals surface area (Å²) in [6, 6.07) is 3.90. The molecule has 1 aromatic rings. The van der Waals surface area contributed by atoms with Gasteiger partial charge >= 0.3 is 0 Å². The number of benzene rings is 1. The van der Waals surface area contributed by atoms with E-state index in [4.69, 9.17) is 0 Å². The number of hydrogen-bond donors (Lipinski definition) is 1. The molecule has 116 valence electrons. The van der Waals surface area contributed by atoms with Gasteiger partial charge in [-0.2, -0.15) is 0 Å². The lowest BCUT2D eigenvalue weighted by molar-refractivity contribution is 0.473. The molecular weight excluding hydrogens is 256 g/mol. The number of phenolic OH excluding ortho intramolecular Hbond substituents is 1. The van der Waals surface area contributed by atoms with Crippen molar-refractivity contribution in [1.29, 1.82) is 0 Å². The van der Waals surface area contributed by atoms with Gasteiger partial charge in [-0.1, -0.05) is 69.4 Å². The summed E-state index contributed by atoms with van der Waals surface area (Å²) < 4.78 is 0. The van der Waals surface area contributed by atoms with Crippen molar-refractivity contribution >= 4 is 12.2 Å². The number of aromatic hydroxyl groups is 1. The summed E-state index contributed by atoms with van der Waals surface area (Å²) in [5.41, 5.74) is 3.46. The van der Waals surface area contributed by atoms with E-state index in [9.17, 15) is 5.11 Å². The lowest BCUT2D eigenvalue weighted by atomic mass is 9.95. The first-order chi connectivity index (χ1) is 10.2. The topological polar surface area (TPSA) is 20.2 Å². The molecule has 0 fully saturated rings. The average Bonchev–Trinajstić information content (AvgIpc) is 2.48. The van der Waals surface area contributed by atoms with E-state index < -0.39 is 0 Å². The van der Waals surface area contributed by atoms with Crippen LogP contribution in [0.15, 0.2) is 24.3 Å². The van der Waals surface area contributed by atoms with Crippen LogP contribution in [0.25, 0.3) is 12.2 Å². The zero-order valence-corrected chi connectivity index (χ0v) is 13.9. The summed E-state index contributed by atoms with van der Waals surface area (Å²) >= 11 is 0. The lowest BCUT2D eigenvalue weighted by Gasteiger charge is -2.11. The van der Waals surface area contributed by atoms with Crippen molar-refractivity contribution in [2.24, 2.45) is 0 Å². The van der Waals surface area contributed by atoms with Gasteiger partial charge < -0.3 is 5.11 Å². The first-order valence-corrected chi connectivity index (χ1v) is 8.34. The van der Waals surface area contributed by atoms with Gasteiger partial charge in [-0.3, -0.25) is 0 Å². The van der Waals surface area contributed by atoms with Crippen LogP contribution < -0.4 is 0 Å². The number of unbranched alkanes of at least 4 members (excludes halogenated alkanes) is 5. The molecule has 0 spiro atoms. The van der Waals surface area contributed by atoms with Gasteiger partial charge in [0.25, 0.3) is 0 Å². The lowest BCUT2D eigenvalue weighted by Crippen LogP contribution is -1.94. The second-order valence-electron chi connectivity index (χ2n) is 5.59. The number of hydrogen-bond acceptors (Lipinski definition) is 1. The monoisotopic (exact) mass is 286 g/mol. The van der Waals surface area contributed by atoms with Crippen LogP contribution in [0.3, 0.4) is 0 Å². The summed E-state index contributed by atoms with van der Waals surface area (Å²) in [5.74, 6) is 0.368. The Labute approximate surface area is 130 Å². The Hall–Kier alpha value is -1.50. The van der Waals surface area contributed by atoms with E-state index in [0.717, 1.165) is 12.0 Å². The molecular formula is C20H30O. The average molecular weight is 286 g/mol. The van der Waals surface area contributed by atoms with E-state index in [1.807, 2.05) is 38.1 Å². The fraction of sp³-hybridized carbons (Fsp3) is 0.500. The van der Waals surface area contributed by atoms with Crippen molar-refractivity contribution in [3.63, 3.8) is 0 Å².